The molecule has 0 bridgehead atoms. The number of aromatic nitrogens is 1. The van der Waals surface area contributed by atoms with Crippen LogP contribution in [0.1, 0.15) is 5.56 Å². The molecule has 0 radical (unpaired) electrons. The fourth-order valence-electron chi connectivity index (χ4n) is 4.31. The molecule has 1 N–H and O–H groups in total. The highest BCUT2D eigenvalue weighted by atomic mass is 16.5. The van der Waals surface area contributed by atoms with E-state index in [0.717, 1.165) is 72.5 Å². The summed E-state index contributed by atoms with van der Waals surface area (Å²) in [6.45, 7) is 8.57. The van der Waals surface area contributed by atoms with E-state index < -0.39 is 6.10 Å². The summed E-state index contributed by atoms with van der Waals surface area (Å²) in [5.41, 5.74) is 3.16. The van der Waals surface area contributed by atoms with Crippen LogP contribution in [0.2, 0.25) is 0 Å². The summed E-state index contributed by atoms with van der Waals surface area (Å²) < 4.78 is 11.4. The fraction of sp³-hybridized carbons (Fsp3) is 0.423. The van der Waals surface area contributed by atoms with Gasteiger partial charge in [0.2, 0.25) is 0 Å². The average Bonchev–Trinajstić information content (AvgIpc) is 2.82. The van der Waals surface area contributed by atoms with Gasteiger partial charge in [0.05, 0.1) is 6.61 Å². The number of hydrogen-bond acceptors (Lipinski definition) is 6. The summed E-state index contributed by atoms with van der Waals surface area (Å²) in [6, 6.07) is 14.5. The Morgan fingerprint density at radius 1 is 1.03 bits per heavy atom. The molecule has 1 atom stereocenters. The van der Waals surface area contributed by atoms with Crippen molar-refractivity contribution < 1.29 is 14.6 Å². The lowest BCUT2D eigenvalue weighted by molar-refractivity contribution is 0.0406. The smallest absolute Gasteiger partial charge is 0.127 e. The quantitative estimate of drug-likeness (QED) is 0.557. The van der Waals surface area contributed by atoms with Crippen LogP contribution in [-0.4, -0.2) is 85.6 Å². The Kier molecular flexibility index (Phi) is 7.71. The van der Waals surface area contributed by atoms with E-state index in [9.17, 15) is 5.11 Å². The molecule has 6 nitrogen and oxygen atoms in total. The predicted octanol–water partition coefficient (Wildman–Crippen LogP) is 3.21. The van der Waals surface area contributed by atoms with Gasteiger partial charge in [-0.1, -0.05) is 30.3 Å². The number of β-amino-alcohol motifs (C(OH)–C–C–N with tert-alkyl or cyclic N) is 1. The van der Waals surface area contributed by atoms with E-state index in [1.165, 1.54) is 0 Å². The molecular weight excluding hydrogens is 402 g/mol. The minimum atomic E-state index is -0.546. The number of aliphatic hydroxyl groups is 1. The summed E-state index contributed by atoms with van der Waals surface area (Å²) in [5.74, 6) is 0.777. The molecule has 1 fully saturated rings. The van der Waals surface area contributed by atoms with E-state index in [1.807, 2.05) is 37.5 Å². The van der Waals surface area contributed by atoms with Gasteiger partial charge in [-0.2, -0.15) is 0 Å². The summed E-state index contributed by atoms with van der Waals surface area (Å²) in [4.78, 5) is 9.09. The monoisotopic (exact) mass is 435 g/mol. The molecule has 170 valence electrons. The lowest BCUT2D eigenvalue weighted by Crippen LogP contribution is -2.49. The molecule has 2 aromatic carbocycles. The third kappa shape index (κ3) is 5.64. The largest absolute Gasteiger partial charge is 0.490 e. The molecule has 0 spiro atoms. The number of fused-ring (bicyclic) bond motifs is 1. The number of piperazine rings is 1. The molecule has 1 saturated heterocycles. The lowest BCUT2D eigenvalue weighted by atomic mass is 9.97. The first kappa shape index (κ1) is 22.7. The van der Waals surface area contributed by atoms with E-state index in [0.29, 0.717) is 6.54 Å². The van der Waals surface area contributed by atoms with Crippen LogP contribution in [0.3, 0.4) is 0 Å². The van der Waals surface area contributed by atoms with Crippen LogP contribution in [0.4, 0.5) is 0 Å². The molecule has 0 aliphatic carbocycles. The Balaban J connectivity index is 1.43. The Bertz CT molecular complexity index is 1020. The number of nitrogens with zero attached hydrogens (tertiary/aromatic N) is 3. The normalized spacial score (nSPS) is 16.3. The molecule has 1 aliphatic heterocycles. The van der Waals surface area contributed by atoms with E-state index in [4.69, 9.17) is 9.47 Å². The zero-order valence-electron chi connectivity index (χ0n) is 19.0. The molecule has 4 rings (SSSR count). The number of hydrogen-bond donors (Lipinski definition) is 1. The molecule has 2 heterocycles. The second kappa shape index (κ2) is 10.9. The molecule has 6 heteroatoms. The molecule has 0 saturated carbocycles. The molecule has 3 aromatic rings. The first-order valence-electron chi connectivity index (χ1n) is 11.3. The Labute approximate surface area is 190 Å². The van der Waals surface area contributed by atoms with Gasteiger partial charge in [-0.15, -0.1) is 0 Å². The maximum atomic E-state index is 10.7. The van der Waals surface area contributed by atoms with E-state index >= 15 is 0 Å². The number of ether oxygens (including phenoxy) is 2. The van der Waals surface area contributed by atoms with Crippen LogP contribution >= 0.6 is 0 Å². The summed E-state index contributed by atoms with van der Waals surface area (Å²) in [6.07, 6.45) is 3.19. The molecule has 1 aliphatic rings. The van der Waals surface area contributed by atoms with Crippen LogP contribution in [0.5, 0.6) is 5.75 Å². The van der Waals surface area contributed by atoms with Gasteiger partial charge in [-0.3, -0.25) is 14.8 Å². The van der Waals surface area contributed by atoms with Gasteiger partial charge in [0.15, 0.2) is 0 Å². The van der Waals surface area contributed by atoms with E-state index in [1.54, 1.807) is 7.11 Å². The predicted molar refractivity (Wildman–Crippen MR) is 128 cm³/mol. The van der Waals surface area contributed by atoms with E-state index in [2.05, 4.69) is 39.0 Å². The number of aryl methyl sites for hydroxylation is 1. The van der Waals surface area contributed by atoms with Gasteiger partial charge in [0.25, 0.3) is 0 Å². The highest BCUT2D eigenvalue weighted by Crippen LogP contribution is 2.37. The van der Waals surface area contributed by atoms with Gasteiger partial charge >= 0.3 is 0 Å². The number of benzene rings is 2. The second-order valence-electron chi connectivity index (χ2n) is 8.51. The van der Waals surface area contributed by atoms with Crippen LogP contribution in [0.15, 0.2) is 54.9 Å². The maximum absolute atomic E-state index is 10.7. The van der Waals surface area contributed by atoms with Crippen molar-refractivity contribution in [3.63, 3.8) is 0 Å². The summed E-state index contributed by atoms with van der Waals surface area (Å²) in [7, 11) is 1.74. The minimum Gasteiger partial charge on any atom is -0.490 e. The molecular formula is C26H33N3O3. The van der Waals surface area contributed by atoms with Crippen molar-refractivity contribution in [1.29, 1.82) is 0 Å². The highest BCUT2D eigenvalue weighted by molar-refractivity contribution is 5.99. The summed E-state index contributed by atoms with van der Waals surface area (Å²) in [5, 5.41) is 13.0. The molecule has 1 aromatic heterocycles. The Hall–Kier alpha value is -2.51. The number of pyridine rings is 1. The van der Waals surface area contributed by atoms with Crippen LogP contribution in [0, 0.1) is 6.92 Å². The highest BCUT2D eigenvalue weighted by Gasteiger charge is 2.20. The van der Waals surface area contributed by atoms with Crippen molar-refractivity contribution in [2.24, 2.45) is 0 Å². The van der Waals surface area contributed by atoms with Gasteiger partial charge in [0, 0.05) is 69.9 Å². The third-order valence-corrected chi connectivity index (χ3v) is 6.03. The van der Waals surface area contributed by atoms with E-state index in [-0.39, 0.29) is 6.61 Å². The van der Waals surface area contributed by atoms with Crippen molar-refractivity contribution in [2.45, 2.75) is 13.0 Å². The second-order valence-corrected chi connectivity index (χ2v) is 8.51. The van der Waals surface area contributed by atoms with Crippen LogP contribution < -0.4 is 4.74 Å². The van der Waals surface area contributed by atoms with Crippen molar-refractivity contribution in [2.75, 3.05) is 59.6 Å². The first-order valence-corrected chi connectivity index (χ1v) is 11.3. The third-order valence-electron chi connectivity index (χ3n) is 6.03. The zero-order chi connectivity index (χ0) is 22.3. The molecule has 0 amide bonds. The van der Waals surface area contributed by atoms with Gasteiger partial charge in [-0.05, 0) is 35.4 Å². The van der Waals surface area contributed by atoms with Crippen LogP contribution in [0.25, 0.3) is 21.9 Å². The molecule has 1 unspecified atom stereocenters. The topological polar surface area (TPSA) is 58.1 Å². The van der Waals surface area contributed by atoms with Crippen molar-refractivity contribution in [3.8, 4) is 16.9 Å². The van der Waals surface area contributed by atoms with Gasteiger partial charge in [-0.25, -0.2) is 0 Å². The van der Waals surface area contributed by atoms with Crippen molar-refractivity contribution in [3.05, 3.63) is 60.4 Å². The average molecular weight is 436 g/mol. The lowest BCUT2D eigenvalue weighted by Gasteiger charge is -2.35. The minimum absolute atomic E-state index is 0.258. The fourth-order valence-corrected chi connectivity index (χ4v) is 4.31. The Morgan fingerprint density at radius 2 is 1.81 bits per heavy atom. The standard InChI is InChI=1S/C26H33N3O3/c1-20-15-22(17-27-16-20)26-24-6-4-3-5-21(24)7-8-25(26)32-19-23(30)18-29-11-9-28(10-12-29)13-14-31-2/h3-8,15-17,23,30H,9-14,18-19H2,1-2H3. The summed E-state index contributed by atoms with van der Waals surface area (Å²) >= 11 is 0. The number of rotatable bonds is 9. The van der Waals surface area contributed by atoms with Gasteiger partial charge < -0.3 is 14.6 Å². The SMILES string of the molecule is COCCN1CCN(CC(O)COc2ccc3ccccc3c2-c2cncc(C)c2)CC1. The van der Waals surface area contributed by atoms with Crippen LogP contribution in [-0.2, 0) is 4.74 Å². The number of aliphatic hydroxyl groups excluding tert-OH is 1. The number of methoxy groups -OCH3 is 1. The van der Waals surface area contributed by atoms with Crippen molar-refractivity contribution in [1.82, 2.24) is 14.8 Å². The molecule has 32 heavy (non-hydrogen) atoms. The van der Waals surface area contributed by atoms with Gasteiger partial charge in [0.1, 0.15) is 18.5 Å². The Morgan fingerprint density at radius 3 is 2.59 bits per heavy atom. The maximum Gasteiger partial charge on any atom is 0.127 e. The first-order chi connectivity index (χ1) is 15.6. The zero-order valence-corrected chi connectivity index (χ0v) is 19.0. The van der Waals surface area contributed by atoms with Crippen molar-refractivity contribution >= 4 is 10.8 Å².